The minimum atomic E-state index is -3.09. The summed E-state index contributed by atoms with van der Waals surface area (Å²) in [5, 5.41) is 9.89. The first-order valence-electron chi connectivity index (χ1n) is 5.69. The lowest BCUT2D eigenvalue weighted by atomic mass is 10.0. The highest BCUT2D eigenvalue weighted by atomic mass is 32.2. The van der Waals surface area contributed by atoms with Crippen molar-refractivity contribution in [2.75, 3.05) is 12.0 Å². The number of hydrogen-bond acceptors (Lipinski definition) is 4. The number of benzene rings is 1. The van der Waals surface area contributed by atoms with Gasteiger partial charge in [0.05, 0.1) is 6.10 Å². The zero-order chi connectivity index (χ0) is 14.5. The lowest BCUT2D eigenvalue weighted by Crippen LogP contribution is -2.09. The molecule has 19 heavy (non-hydrogen) atoms. The minimum absolute atomic E-state index is 0.0536. The molecule has 108 valence electrons. The first-order valence-corrected chi connectivity index (χ1v) is 7.75. The van der Waals surface area contributed by atoms with Gasteiger partial charge in [-0.05, 0) is 18.9 Å². The molecule has 1 rings (SSSR count). The first kappa shape index (κ1) is 15.8. The predicted molar refractivity (Wildman–Crippen MR) is 67.0 cm³/mol. The second-order valence-corrected chi connectivity index (χ2v) is 6.46. The zero-order valence-corrected chi connectivity index (χ0v) is 11.2. The molecule has 0 aromatic heterocycles. The van der Waals surface area contributed by atoms with E-state index in [0.29, 0.717) is 0 Å². The lowest BCUT2D eigenvalue weighted by Gasteiger charge is -2.15. The van der Waals surface area contributed by atoms with Crippen LogP contribution in [-0.2, 0) is 9.84 Å². The molecule has 0 radical (unpaired) electrons. The third-order valence-corrected chi connectivity index (χ3v) is 3.52. The van der Waals surface area contributed by atoms with Gasteiger partial charge in [0.25, 0.3) is 0 Å². The molecule has 0 spiro atoms. The second-order valence-electron chi connectivity index (χ2n) is 4.20. The molecule has 0 aliphatic carbocycles. The number of halogens is 2. The van der Waals surface area contributed by atoms with Crippen LogP contribution in [0.2, 0.25) is 0 Å². The van der Waals surface area contributed by atoms with Crippen LogP contribution < -0.4 is 4.74 Å². The van der Waals surface area contributed by atoms with Gasteiger partial charge < -0.3 is 9.84 Å². The normalized spacial score (nSPS) is 13.5. The highest BCUT2D eigenvalue weighted by molar-refractivity contribution is 7.90. The van der Waals surface area contributed by atoms with Crippen molar-refractivity contribution in [2.24, 2.45) is 0 Å². The Labute approximate surface area is 110 Å². The Morgan fingerprint density at radius 2 is 1.95 bits per heavy atom. The summed E-state index contributed by atoms with van der Waals surface area (Å²) in [6.45, 7) is -2.97. The summed E-state index contributed by atoms with van der Waals surface area (Å²) in [7, 11) is -3.09. The fourth-order valence-electron chi connectivity index (χ4n) is 1.65. The molecule has 0 aliphatic heterocycles. The number of alkyl halides is 2. The van der Waals surface area contributed by atoms with Crippen LogP contribution in [0.25, 0.3) is 0 Å². The summed E-state index contributed by atoms with van der Waals surface area (Å²) in [6.07, 6.45) is 0.490. The van der Waals surface area contributed by atoms with E-state index in [1.165, 1.54) is 18.2 Å². The quantitative estimate of drug-likeness (QED) is 0.837. The molecule has 1 aromatic carbocycles. The molecule has 0 saturated heterocycles. The van der Waals surface area contributed by atoms with E-state index in [2.05, 4.69) is 4.74 Å². The Hall–Kier alpha value is -1.21. The predicted octanol–water partition coefficient (Wildman–Crippen LogP) is 2.15. The second kappa shape index (κ2) is 6.81. The Morgan fingerprint density at radius 1 is 1.32 bits per heavy atom. The van der Waals surface area contributed by atoms with Gasteiger partial charge in [0.15, 0.2) is 0 Å². The van der Waals surface area contributed by atoms with E-state index >= 15 is 0 Å². The molecule has 1 N–H and O–H groups in total. The van der Waals surface area contributed by atoms with E-state index in [4.69, 9.17) is 0 Å². The van der Waals surface area contributed by atoms with Crippen molar-refractivity contribution in [3.63, 3.8) is 0 Å². The van der Waals surface area contributed by atoms with E-state index in [1.54, 1.807) is 6.07 Å². The van der Waals surface area contributed by atoms with Crippen molar-refractivity contribution < 1.29 is 27.0 Å². The maximum absolute atomic E-state index is 12.2. The van der Waals surface area contributed by atoms with Crippen molar-refractivity contribution in [3.05, 3.63) is 29.8 Å². The summed E-state index contributed by atoms with van der Waals surface area (Å²) >= 11 is 0. The number of sulfone groups is 1. The summed E-state index contributed by atoms with van der Waals surface area (Å²) < 4.78 is 50.6. The molecule has 1 atom stereocenters. The van der Waals surface area contributed by atoms with Crippen LogP contribution in [0.4, 0.5) is 8.78 Å². The maximum Gasteiger partial charge on any atom is 0.387 e. The summed E-state index contributed by atoms with van der Waals surface area (Å²) in [5.74, 6) is -0.147. The molecule has 0 bridgehead atoms. The first-order chi connectivity index (χ1) is 8.79. The highest BCUT2D eigenvalue weighted by Crippen LogP contribution is 2.29. The maximum atomic E-state index is 12.2. The molecule has 7 heteroatoms. The van der Waals surface area contributed by atoms with Crippen LogP contribution in [0.1, 0.15) is 24.5 Å². The van der Waals surface area contributed by atoms with Crippen LogP contribution in [0.5, 0.6) is 5.75 Å². The van der Waals surface area contributed by atoms with Gasteiger partial charge in [0.2, 0.25) is 0 Å². The monoisotopic (exact) mass is 294 g/mol. The van der Waals surface area contributed by atoms with Gasteiger partial charge in [0.1, 0.15) is 15.6 Å². The van der Waals surface area contributed by atoms with Gasteiger partial charge in [0, 0.05) is 17.6 Å². The number of ether oxygens (including phenoxy) is 1. The van der Waals surface area contributed by atoms with Crippen molar-refractivity contribution in [2.45, 2.75) is 25.6 Å². The number of hydrogen-bond donors (Lipinski definition) is 1. The number of rotatable bonds is 7. The average Bonchev–Trinajstić information content (AvgIpc) is 2.27. The Kier molecular flexibility index (Phi) is 5.68. The molecule has 1 aromatic rings. The van der Waals surface area contributed by atoms with Gasteiger partial charge in [-0.15, -0.1) is 0 Å². The average molecular weight is 294 g/mol. The van der Waals surface area contributed by atoms with Crippen LogP contribution in [0.3, 0.4) is 0 Å². The van der Waals surface area contributed by atoms with Crippen LogP contribution in [-0.4, -0.2) is 32.1 Å². The fraction of sp³-hybridized carbons (Fsp3) is 0.500. The third kappa shape index (κ3) is 5.98. The number of aliphatic hydroxyl groups is 1. The standard InChI is InChI=1S/C12H16F2O4S/c1-19(16,17)8-4-6-10(15)9-5-2-3-7-11(9)18-12(13)14/h2-3,5,7,10,12,15H,4,6,8H2,1H3. The summed E-state index contributed by atoms with van der Waals surface area (Å²) in [4.78, 5) is 0. The van der Waals surface area contributed by atoms with Gasteiger partial charge >= 0.3 is 6.61 Å². The van der Waals surface area contributed by atoms with E-state index < -0.39 is 22.6 Å². The number of aliphatic hydroxyl groups excluding tert-OH is 1. The molecule has 4 nitrogen and oxygen atoms in total. The zero-order valence-electron chi connectivity index (χ0n) is 10.4. The fourth-order valence-corrected chi connectivity index (χ4v) is 2.34. The summed E-state index contributed by atoms with van der Waals surface area (Å²) in [6, 6.07) is 5.92. The van der Waals surface area contributed by atoms with E-state index in [-0.39, 0.29) is 29.9 Å². The molecule has 0 amide bonds. The van der Waals surface area contributed by atoms with E-state index in [0.717, 1.165) is 6.26 Å². The van der Waals surface area contributed by atoms with Crippen molar-refractivity contribution in [1.29, 1.82) is 0 Å². The Balaban J connectivity index is 2.68. The molecular weight excluding hydrogens is 278 g/mol. The van der Waals surface area contributed by atoms with Crippen LogP contribution in [0.15, 0.2) is 24.3 Å². The molecule has 1 unspecified atom stereocenters. The highest BCUT2D eigenvalue weighted by Gasteiger charge is 2.16. The van der Waals surface area contributed by atoms with Gasteiger partial charge in [-0.3, -0.25) is 0 Å². The smallest absolute Gasteiger partial charge is 0.387 e. The number of para-hydroxylation sites is 1. The van der Waals surface area contributed by atoms with E-state index in [9.17, 15) is 22.3 Å². The van der Waals surface area contributed by atoms with E-state index in [1.807, 2.05) is 0 Å². The Bertz CT molecular complexity index is 502. The molecular formula is C12H16F2O4S. The SMILES string of the molecule is CS(=O)(=O)CCCC(O)c1ccccc1OC(F)F. The van der Waals surface area contributed by atoms with Gasteiger partial charge in [-0.1, -0.05) is 18.2 Å². The van der Waals surface area contributed by atoms with Gasteiger partial charge in [-0.25, -0.2) is 8.42 Å². The molecule has 0 fully saturated rings. The van der Waals surface area contributed by atoms with Crippen molar-refractivity contribution in [1.82, 2.24) is 0 Å². The third-order valence-electron chi connectivity index (χ3n) is 2.49. The topological polar surface area (TPSA) is 63.6 Å². The molecule has 0 saturated carbocycles. The largest absolute Gasteiger partial charge is 0.434 e. The summed E-state index contributed by atoms with van der Waals surface area (Å²) in [5.41, 5.74) is 0.233. The molecule has 0 heterocycles. The van der Waals surface area contributed by atoms with Crippen LogP contribution >= 0.6 is 0 Å². The Morgan fingerprint density at radius 3 is 2.53 bits per heavy atom. The van der Waals surface area contributed by atoms with Gasteiger partial charge in [-0.2, -0.15) is 8.78 Å². The van der Waals surface area contributed by atoms with Crippen molar-refractivity contribution >= 4 is 9.84 Å². The minimum Gasteiger partial charge on any atom is -0.434 e. The molecule has 0 aliphatic rings. The lowest BCUT2D eigenvalue weighted by molar-refractivity contribution is -0.0516. The van der Waals surface area contributed by atoms with Crippen LogP contribution in [0, 0.1) is 0 Å². The van der Waals surface area contributed by atoms with Crippen molar-refractivity contribution in [3.8, 4) is 5.75 Å².